The number of benzene rings is 2. The van der Waals surface area contributed by atoms with Gasteiger partial charge in [0, 0.05) is 6.61 Å². The van der Waals surface area contributed by atoms with Crippen molar-refractivity contribution in [3.63, 3.8) is 0 Å². The Morgan fingerprint density at radius 3 is 2.37 bits per heavy atom. The van der Waals surface area contributed by atoms with E-state index in [4.69, 9.17) is 5.11 Å². The van der Waals surface area contributed by atoms with Gasteiger partial charge in [-0.3, -0.25) is 0 Å². The molecule has 0 bridgehead atoms. The summed E-state index contributed by atoms with van der Waals surface area (Å²) in [5.41, 5.74) is 5.29. The van der Waals surface area contributed by atoms with Crippen LogP contribution in [-0.4, -0.2) is 11.7 Å². The minimum atomic E-state index is 0.257. The van der Waals surface area contributed by atoms with Gasteiger partial charge in [-0.2, -0.15) is 0 Å². The fourth-order valence-corrected chi connectivity index (χ4v) is 2.41. The molecule has 0 aliphatic carbocycles. The van der Waals surface area contributed by atoms with Crippen LogP contribution in [0, 0.1) is 0 Å². The molecule has 0 saturated heterocycles. The molecule has 0 amide bonds. The standard InChI is InChI=1S/C18H22O/c1-14(2)17-11-10-15(7-6-12-19)13-18(17)16-8-4-3-5-9-16/h3-5,8-11,13-14,19H,6-7,12H2,1-2H3. The first-order valence-corrected chi connectivity index (χ1v) is 7.01. The average Bonchev–Trinajstić information content (AvgIpc) is 2.45. The lowest BCUT2D eigenvalue weighted by Gasteiger charge is -2.15. The second-order valence-electron chi connectivity index (χ2n) is 5.27. The summed E-state index contributed by atoms with van der Waals surface area (Å²) >= 11 is 0. The van der Waals surface area contributed by atoms with Crippen molar-refractivity contribution < 1.29 is 5.11 Å². The molecule has 19 heavy (non-hydrogen) atoms. The third-order valence-electron chi connectivity index (χ3n) is 3.45. The fraction of sp³-hybridized carbons (Fsp3) is 0.333. The molecule has 0 radical (unpaired) electrons. The van der Waals surface area contributed by atoms with Crippen LogP contribution in [0.5, 0.6) is 0 Å². The third-order valence-corrected chi connectivity index (χ3v) is 3.45. The maximum atomic E-state index is 8.96. The molecule has 1 heteroatoms. The molecule has 0 fully saturated rings. The number of aryl methyl sites for hydroxylation is 1. The number of aliphatic hydroxyl groups excluding tert-OH is 1. The summed E-state index contributed by atoms with van der Waals surface area (Å²) in [5.74, 6) is 0.516. The highest BCUT2D eigenvalue weighted by molar-refractivity contribution is 5.68. The lowest BCUT2D eigenvalue weighted by molar-refractivity contribution is 0.288. The first kappa shape index (κ1) is 13.8. The molecule has 2 aromatic carbocycles. The van der Waals surface area contributed by atoms with Crippen molar-refractivity contribution in [2.45, 2.75) is 32.6 Å². The third kappa shape index (κ3) is 3.45. The van der Waals surface area contributed by atoms with E-state index in [1.807, 2.05) is 6.07 Å². The minimum Gasteiger partial charge on any atom is -0.396 e. The zero-order chi connectivity index (χ0) is 13.7. The van der Waals surface area contributed by atoms with E-state index in [0.717, 1.165) is 12.8 Å². The summed E-state index contributed by atoms with van der Waals surface area (Å²) in [7, 11) is 0. The predicted molar refractivity (Wildman–Crippen MR) is 81.4 cm³/mol. The first-order valence-electron chi connectivity index (χ1n) is 7.01. The highest BCUT2D eigenvalue weighted by Crippen LogP contribution is 2.30. The summed E-state index contributed by atoms with van der Waals surface area (Å²) < 4.78 is 0. The molecule has 0 aromatic heterocycles. The van der Waals surface area contributed by atoms with Gasteiger partial charge in [-0.05, 0) is 41.0 Å². The predicted octanol–water partition coefficient (Wildman–Crippen LogP) is 4.40. The molecule has 0 aliphatic heterocycles. The van der Waals surface area contributed by atoms with Crippen molar-refractivity contribution in [2.75, 3.05) is 6.61 Å². The molecule has 0 spiro atoms. The monoisotopic (exact) mass is 254 g/mol. The van der Waals surface area contributed by atoms with Gasteiger partial charge in [-0.15, -0.1) is 0 Å². The number of rotatable bonds is 5. The topological polar surface area (TPSA) is 20.2 Å². The summed E-state index contributed by atoms with van der Waals surface area (Å²) in [6.07, 6.45) is 1.77. The second-order valence-corrected chi connectivity index (χ2v) is 5.27. The second kappa shape index (κ2) is 6.53. The van der Waals surface area contributed by atoms with E-state index in [1.54, 1.807) is 0 Å². The largest absolute Gasteiger partial charge is 0.396 e. The summed E-state index contributed by atoms with van der Waals surface area (Å²) in [5, 5.41) is 8.96. The zero-order valence-corrected chi connectivity index (χ0v) is 11.8. The molecule has 2 rings (SSSR count). The van der Waals surface area contributed by atoms with Crippen LogP contribution >= 0.6 is 0 Å². The van der Waals surface area contributed by atoms with Crippen molar-refractivity contribution >= 4 is 0 Å². The van der Waals surface area contributed by atoms with E-state index in [2.05, 4.69) is 56.3 Å². The molecule has 0 unspecified atom stereocenters. The Morgan fingerprint density at radius 2 is 1.74 bits per heavy atom. The first-order chi connectivity index (χ1) is 9.22. The molecule has 2 aromatic rings. The van der Waals surface area contributed by atoms with Gasteiger partial charge in [0.2, 0.25) is 0 Å². The molecule has 0 heterocycles. The quantitative estimate of drug-likeness (QED) is 0.838. The highest BCUT2D eigenvalue weighted by Gasteiger charge is 2.09. The van der Waals surface area contributed by atoms with Crippen LogP contribution < -0.4 is 0 Å². The fourth-order valence-electron chi connectivity index (χ4n) is 2.41. The van der Waals surface area contributed by atoms with Gasteiger partial charge in [-0.1, -0.05) is 62.4 Å². The summed E-state index contributed by atoms with van der Waals surface area (Å²) in [6, 6.07) is 17.2. The maximum absolute atomic E-state index is 8.96. The van der Waals surface area contributed by atoms with Crippen molar-refractivity contribution in [3.05, 3.63) is 59.7 Å². The van der Waals surface area contributed by atoms with Crippen LogP contribution in [0.2, 0.25) is 0 Å². The molecular formula is C18H22O. The number of hydrogen-bond donors (Lipinski definition) is 1. The van der Waals surface area contributed by atoms with E-state index in [1.165, 1.54) is 22.3 Å². The van der Waals surface area contributed by atoms with Crippen molar-refractivity contribution in [1.82, 2.24) is 0 Å². The lowest BCUT2D eigenvalue weighted by Crippen LogP contribution is -1.96. The van der Waals surface area contributed by atoms with Crippen molar-refractivity contribution in [3.8, 4) is 11.1 Å². The van der Waals surface area contributed by atoms with Crippen molar-refractivity contribution in [1.29, 1.82) is 0 Å². The molecule has 0 saturated carbocycles. The Hall–Kier alpha value is -1.60. The Balaban J connectivity index is 2.42. The van der Waals surface area contributed by atoms with E-state index in [9.17, 15) is 0 Å². The van der Waals surface area contributed by atoms with Crippen molar-refractivity contribution in [2.24, 2.45) is 0 Å². The molecule has 1 N–H and O–H groups in total. The van der Waals surface area contributed by atoms with Crippen LogP contribution in [0.3, 0.4) is 0 Å². The van der Waals surface area contributed by atoms with Gasteiger partial charge in [-0.25, -0.2) is 0 Å². The zero-order valence-electron chi connectivity index (χ0n) is 11.8. The van der Waals surface area contributed by atoms with Crippen LogP contribution in [0.1, 0.15) is 37.3 Å². The molecule has 1 nitrogen and oxygen atoms in total. The minimum absolute atomic E-state index is 0.257. The molecule has 0 aliphatic rings. The van der Waals surface area contributed by atoms with Crippen LogP contribution in [0.4, 0.5) is 0 Å². The Labute approximate surface area is 115 Å². The molecule has 0 atom stereocenters. The number of aliphatic hydroxyl groups is 1. The Bertz CT molecular complexity index is 514. The molecule has 100 valence electrons. The SMILES string of the molecule is CC(C)c1ccc(CCCO)cc1-c1ccccc1. The Morgan fingerprint density at radius 1 is 1.00 bits per heavy atom. The van der Waals surface area contributed by atoms with Gasteiger partial charge in [0.1, 0.15) is 0 Å². The van der Waals surface area contributed by atoms with Gasteiger partial charge >= 0.3 is 0 Å². The van der Waals surface area contributed by atoms with Gasteiger partial charge < -0.3 is 5.11 Å². The normalized spacial score (nSPS) is 10.9. The highest BCUT2D eigenvalue weighted by atomic mass is 16.2. The number of hydrogen-bond acceptors (Lipinski definition) is 1. The Kier molecular flexibility index (Phi) is 4.75. The smallest absolute Gasteiger partial charge is 0.0434 e. The molecular weight excluding hydrogens is 232 g/mol. The van der Waals surface area contributed by atoms with E-state index < -0.39 is 0 Å². The van der Waals surface area contributed by atoms with Gasteiger partial charge in [0.25, 0.3) is 0 Å². The van der Waals surface area contributed by atoms with Crippen LogP contribution in [0.15, 0.2) is 48.5 Å². The van der Waals surface area contributed by atoms with Gasteiger partial charge in [0.05, 0.1) is 0 Å². The lowest BCUT2D eigenvalue weighted by atomic mass is 9.90. The average molecular weight is 254 g/mol. The van der Waals surface area contributed by atoms with Gasteiger partial charge in [0.15, 0.2) is 0 Å². The van der Waals surface area contributed by atoms with Crippen LogP contribution in [0.25, 0.3) is 11.1 Å². The van der Waals surface area contributed by atoms with E-state index >= 15 is 0 Å². The summed E-state index contributed by atoms with van der Waals surface area (Å²) in [6.45, 7) is 4.72. The van der Waals surface area contributed by atoms with Crippen LogP contribution in [-0.2, 0) is 6.42 Å². The maximum Gasteiger partial charge on any atom is 0.0434 e. The van der Waals surface area contributed by atoms with E-state index in [-0.39, 0.29) is 6.61 Å². The van der Waals surface area contributed by atoms with E-state index in [0.29, 0.717) is 5.92 Å². The summed E-state index contributed by atoms with van der Waals surface area (Å²) in [4.78, 5) is 0.